The minimum atomic E-state index is -0.251. The Bertz CT molecular complexity index is 720. The second-order valence-electron chi connectivity index (χ2n) is 7.14. The first-order valence-electron chi connectivity index (χ1n) is 10.1. The van der Waals surface area contributed by atoms with Gasteiger partial charge in [0, 0.05) is 25.6 Å². The molecule has 1 aliphatic rings. The van der Waals surface area contributed by atoms with Gasteiger partial charge >= 0.3 is 6.09 Å². The number of carbonyl (C=O) groups excluding carboxylic acids is 1. The maximum Gasteiger partial charge on any atom is 0.409 e. The van der Waals surface area contributed by atoms with Crippen molar-refractivity contribution in [1.29, 1.82) is 0 Å². The summed E-state index contributed by atoms with van der Waals surface area (Å²) in [5, 5.41) is 0. The van der Waals surface area contributed by atoms with Gasteiger partial charge in [0.2, 0.25) is 0 Å². The zero-order valence-corrected chi connectivity index (χ0v) is 17.4. The predicted octanol–water partition coefficient (Wildman–Crippen LogP) is 5.20. The second-order valence-corrected chi connectivity index (χ2v) is 7.14. The zero-order chi connectivity index (χ0) is 19.1. The van der Waals surface area contributed by atoms with Crippen LogP contribution in [0.5, 0.6) is 0 Å². The molecule has 0 saturated carbocycles. The van der Waals surface area contributed by atoms with Gasteiger partial charge in [-0.25, -0.2) is 4.79 Å². The smallest absolute Gasteiger partial charge is 0.409 e. The summed E-state index contributed by atoms with van der Waals surface area (Å²) in [7, 11) is 0. The Morgan fingerprint density at radius 3 is 2.14 bits per heavy atom. The lowest BCUT2D eigenvalue weighted by Crippen LogP contribution is -2.37. The predicted molar refractivity (Wildman–Crippen MR) is 117 cm³/mol. The minimum absolute atomic E-state index is 0. The first-order valence-corrected chi connectivity index (χ1v) is 10.1. The molecule has 2 aromatic rings. The molecule has 28 heavy (non-hydrogen) atoms. The molecule has 0 fully saturated rings. The Labute approximate surface area is 174 Å². The molecule has 5 heteroatoms. The molecule has 0 saturated heterocycles. The molecule has 2 aromatic carbocycles. The number of carbonyl (C=O) groups is 1. The van der Waals surface area contributed by atoms with E-state index < -0.39 is 0 Å². The van der Waals surface area contributed by atoms with Crippen molar-refractivity contribution >= 4 is 18.5 Å². The number of rotatable bonds is 9. The number of ether oxygens (including phenoxy) is 1. The molecule has 0 spiro atoms. The highest BCUT2D eigenvalue weighted by Gasteiger charge is 2.29. The molecular formula is C23H31ClN2O2. The molecule has 0 atom stereocenters. The van der Waals surface area contributed by atoms with E-state index in [9.17, 15) is 4.79 Å². The lowest BCUT2D eigenvalue weighted by atomic mass is 9.98. The summed E-state index contributed by atoms with van der Waals surface area (Å²) in [4.78, 5) is 14.4. The molecule has 0 bridgehead atoms. The van der Waals surface area contributed by atoms with E-state index in [0.717, 1.165) is 12.8 Å². The van der Waals surface area contributed by atoms with Crippen LogP contribution in [0.4, 0.5) is 4.79 Å². The van der Waals surface area contributed by atoms with Crippen molar-refractivity contribution in [3.05, 3.63) is 59.7 Å². The largest absolute Gasteiger partial charge is 0.448 e. The molecule has 3 rings (SSSR count). The minimum Gasteiger partial charge on any atom is -0.448 e. The number of nitrogens with two attached hydrogens (primary N) is 1. The van der Waals surface area contributed by atoms with Crippen molar-refractivity contribution in [1.82, 2.24) is 4.90 Å². The molecule has 0 radical (unpaired) electrons. The Hall–Kier alpha value is -2.04. The highest BCUT2D eigenvalue weighted by Crippen LogP contribution is 2.44. The van der Waals surface area contributed by atoms with Crippen LogP contribution in [0.1, 0.15) is 49.7 Å². The maximum atomic E-state index is 12.6. The summed E-state index contributed by atoms with van der Waals surface area (Å²) in [6, 6.07) is 16.8. The van der Waals surface area contributed by atoms with Crippen LogP contribution < -0.4 is 5.73 Å². The highest BCUT2D eigenvalue weighted by molar-refractivity contribution is 5.85. The van der Waals surface area contributed by atoms with Gasteiger partial charge in [-0.3, -0.25) is 0 Å². The van der Waals surface area contributed by atoms with Gasteiger partial charge in [-0.2, -0.15) is 0 Å². The van der Waals surface area contributed by atoms with Crippen LogP contribution in [0.25, 0.3) is 11.1 Å². The highest BCUT2D eigenvalue weighted by atomic mass is 35.5. The summed E-state index contributed by atoms with van der Waals surface area (Å²) < 4.78 is 5.74. The number of hydrogen-bond donors (Lipinski definition) is 1. The van der Waals surface area contributed by atoms with Crippen molar-refractivity contribution in [2.24, 2.45) is 5.73 Å². The number of amides is 1. The third-order valence-electron chi connectivity index (χ3n) is 5.27. The van der Waals surface area contributed by atoms with Crippen molar-refractivity contribution < 1.29 is 9.53 Å². The van der Waals surface area contributed by atoms with Crippen LogP contribution in [0, 0.1) is 0 Å². The van der Waals surface area contributed by atoms with Gasteiger partial charge in [0.25, 0.3) is 0 Å². The van der Waals surface area contributed by atoms with Gasteiger partial charge in [-0.1, -0.05) is 74.7 Å². The number of nitrogens with zero attached hydrogens (tertiary/aromatic N) is 1. The molecule has 0 aromatic heterocycles. The number of benzene rings is 2. The average molecular weight is 403 g/mol. The van der Waals surface area contributed by atoms with Gasteiger partial charge < -0.3 is 15.4 Å². The number of halogens is 1. The molecule has 0 unspecified atom stereocenters. The van der Waals surface area contributed by atoms with Gasteiger partial charge in [-0.15, -0.1) is 12.4 Å². The van der Waals surface area contributed by atoms with Crippen LogP contribution in [0.3, 0.4) is 0 Å². The van der Waals surface area contributed by atoms with E-state index >= 15 is 0 Å². The standard InChI is InChI=1S/C23H30N2O2.ClH/c1-2-3-4-9-15-25(16-14-24)23(26)27-17-22-20-12-7-5-10-18(20)19-11-6-8-13-21(19)22;/h5-8,10-13,22H,2-4,9,14-17,24H2,1H3;1H. The lowest BCUT2D eigenvalue weighted by Gasteiger charge is -2.23. The summed E-state index contributed by atoms with van der Waals surface area (Å²) in [6.07, 6.45) is 4.26. The van der Waals surface area contributed by atoms with E-state index in [1.165, 1.54) is 35.1 Å². The molecule has 0 aliphatic heterocycles. The maximum absolute atomic E-state index is 12.6. The fourth-order valence-electron chi connectivity index (χ4n) is 3.86. The molecular weight excluding hydrogens is 372 g/mol. The van der Waals surface area contributed by atoms with Gasteiger partial charge in [0.1, 0.15) is 6.61 Å². The van der Waals surface area contributed by atoms with Crippen molar-refractivity contribution in [2.75, 3.05) is 26.2 Å². The fourth-order valence-corrected chi connectivity index (χ4v) is 3.86. The number of hydrogen-bond acceptors (Lipinski definition) is 3. The van der Waals surface area contributed by atoms with Crippen molar-refractivity contribution in [3.63, 3.8) is 0 Å². The average Bonchev–Trinajstić information content (AvgIpc) is 3.02. The third-order valence-corrected chi connectivity index (χ3v) is 5.27. The first-order chi connectivity index (χ1) is 13.3. The van der Waals surface area contributed by atoms with E-state index in [-0.39, 0.29) is 24.4 Å². The molecule has 1 aliphatic carbocycles. The lowest BCUT2D eigenvalue weighted by molar-refractivity contribution is 0.1000. The Morgan fingerprint density at radius 1 is 0.964 bits per heavy atom. The Morgan fingerprint density at radius 2 is 1.57 bits per heavy atom. The van der Waals surface area contributed by atoms with Crippen LogP contribution in [0.15, 0.2) is 48.5 Å². The Kier molecular flexibility index (Phi) is 8.81. The van der Waals surface area contributed by atoms with Crippen LogP contribution >= 0.6 is 12.4 Å². The normalized spacial score (nSPS) is 12.1. The number of fused-ring (bicyclic) bond motifs is 3. The molecule has 1 amide bonds. The fraction of sp³-hybridized carbons (Fsp3) is 0.435. The van der Waals surface area contributed by atoms with Gasteiger partial charge in [0.05, 0.1) is 0 Å². The molecule has 0 heterocycles. The zero-order valence-electron chi connectivity index (χ0n) is 16.6. The summed E-state index contributed by atoms with van der Waals surface area (Å²) in [5.74, 6) is 0.0983. The SMILES string of the molecule is CCCCCCN(CCN)C(=O)OCC1c2ccccc2-c2ccccc21.Cl. The van der Waals surface area contributed by atoms with Crippen molar-refractivity contribution in [2.45, 2.75) is 38.5 Å². The van der Waals surface area contributed by atoms with E-state index in [1.54, 1.807) is 4.90 Å². The second kappa shape index (κ2) is 11.1. The monoisotopic (exact) mass is 402 g/mol. The van der Waals surface area contributed by atoms with Crippen molar-refractivity contribution in [3.8, 4) is 11.1 Å². The Balaban J connectivity index is 0.00000280. The molecule has 152 valence electrons. The van der Waals surface area contributed by atoms with Crippen LogP contribution in [0.2, 0.25) is 0 Å². The van der Waals surface area contributed by atoms with Crippen LogP contribution in [-0.2, 0) is 4.74 Å². The van der Waals surface area contributed by atoms with E-state index in [0.29, 0.717) is 26.2 Å². The van der Waals surface area contributed by atoms with Gasteiger partial charge in [0.15, 0.2) is 0 Å². The topological polar surface area (TPSA) is 55.6 Å². The van der Waals surface area contributed by atoms with Crippen LogP contribution in [-0.4, -0.2) is 37.2 Å². The number of unbranched alkanes of at least 4 members (excludes halogenated alkanes) is 3. The van der Waals surface area contributed by atoms with E-state index in [1.807, 2.05) is 12.1 Å². The summed E-state index contributed by atoms with van der Waals surface area (Å²) in [6.45, 7) is 4.26. The van der Waals surface area contributed by atoms with E-state index in [4.69, 9.17) is 10.5 Å². The van der Waals surface area contributed by atoms with E-state index in [2.05, 4.69) is 43.3 Å². The van der Waals surface area contributed by atoms with Gasteiger partial charge in [-0.05, 0) is 28.7 Å². The first kappa shape index (κ1) is 22.3. The summed E-state index contributed by atoms with van der Waals surface area (Å²) >= 11 is 0. The summed E-state index contributed by atoms with van der Waals surface area (Å²) in [5.41, 5.74) is 10.7. The quantitative estimate of drug-likeness (QED) is 0.586. The third kappa shape index (κ3) is 5.06. The molecule has 2 N–H and O–H groups in total. The molecule has 4 nitrogen and oxygen atoms in total.